The first-order valence-corrected chi connectivity index (χ1v) is 6.23. The summed E-state index contributed by atoms with van der Waals surface area (Å²) in [6.07, 6.45) is 1.89. The van der Waals surface area contributed by atoms with E-state index in [1.165, 1.54) is 0 Å². The highest BCUT2D eigenvalue weighted by Gasteiger charge is 2.16. The standard InChI is InChI=1S/C12H23N3O2/c1-5-6-10(16-4)12-14-11(17-15-12)8-13-7-9(2)3/h9-10,13H,5-8H2,1-4H3. The van der Waals surface area contributed by atoms with Crippen LogP contribution < -0.4 is 5.32 Å². The zero-order chi connectivity index (χ0) is 12.7. The molecule has 5 heteroatoms. The van der Waals surface area contributed by atoms with Gasteiger partial charge in [-0.25, -0.2) is 0 Å². The average Bonchev–Trinajstić information content (AvgIpc) is 2.74. The number of hydrogen-bond donors (Lipinski definition) is 1. The number of nitrogens with one attached hydrogen (secondary N) is 1. The van der Waals surface area contributed by atoms with Crippen LogP contribution in [0.5, 0.6) is 0 Å². The van der Waals surface area contributed by atoms with Crippen LogP contribution in [-0.4, -0.2) is 23.8 Å². The quantitative estimate of drug-likeness (QED) is 0.756. The summed E-state index contributed by atoms with van der Waals surface area (Å²) in [4.78, 5) is 4.33. The number of hydrogen-bond acceptors (Lipinski definition) is 5. The minimum Gasteiger partial charge on any atom is -0.373 e. The van der Waals surface area contributed by atoms with Crippen molar-refractivity contribution in [1.82, 2.24) is 15.5 Å². The molecule has 1 N–H and O–H groups in total. The zero-order valence-corrected chi connectivity index (χ0v) is 11.2. The second-order valence-corrected chi connectivity index (χ2v) is 4.58. The van der Waals surface area contributed by atoms with Crippen molar-refractivity contribution >= 4 is 0 Å². The van der Waals surface area contributed by atoms with Gasteiger partial charge in [-0.1, -0.05) is 32.3 Å². The molecule has 1 unspecified atom stereocenters. The molecule has 5 nitrogen and oxygen atoms in total. The fraction of sp³-hybridized carbons (Fsp3) is 0.833. The number of nitrogens with zero attached hydrogens (tertiary/aromatic N) is 2. The Morgan fingerprint density at radius 2 is 2.18 bits per heavy atom. The monoisotopic (exact) mass is 241 g/mol. The van der Waals surface area contributed by atoms with Crippen LogP contribution in [0, 0.1) is 5.92 Å². The highest BCUT2D eigenvalue weighted by atomic mass is 16.5. The SMILES string of the molecule is CCCC(OC)c1noc(CNCC(C)C)n1. The third-order valence-electron chi connectivity index (χ3n) is 2.44. The molecule has 0 aliphatic heterocycles. The fourth-order valence-corrected chi connectivity index (χ4v) is 1.55. The van der Waals surface area contributed by atoms with Crippen LogP contribution in [0.4, 0.5) is 0 Å². The molecule has 1 aromatic heterocycles. The Kier molecular flexibility index (Phi) is 6.15. The minimum atomic E-state index is -0.0531. The van der Waals surface area contributed by atoms with Gasteiger partial charge in [-0.3, -0.25) is 0 Å². The molecule has 0 spiro atoms. The molecule has 1 aromatic rings. The lowest BCUT2D eigenvalue weighted by Crippen LogP contribution is -2.19. The fourth-order valence-electron chi connectivity index (χ4n) is 1.55. The highest BCUT2D eigenvalue weighted by molar-refractivity contribution is 4.91. The van der Waals surface area contributed by atoms with Crippen LogP contribution in [0.1, 0.15) is 51.4 Å². The van der Waals surface area contributed by atoms with Gasteiger partial charge in [0.25, 0.3) is 0 Å². The van der Waals surface area contributed by atoms with E-state index < -0.39 is 0 Å². The molecule has 0 aliphatic rings. The van der Waals surface area contributed by atoms with E-state index in [1.54, 1.807) is 7.11 Å². The van der Waals surface area contributed by atoms with Gasteiger partial charge in [0.15, 0.2) is 0 Å². The first-order valence-electron chi connectivity index (χ1n) is 6.23. The second kappa shape index (κ2) is 7.40. The molecule has 98 valence electrons. The Balaban J connectivity index is 2.46. The molecule has 0 saturated carbocycles. The molecule has 0 aromatic carbocycles. The lowest BCUT2D eigenvalue weighted by molar-refractivity contribution is 0.0854. The van der Waals surface area contributed by atoms with Crippen LogP contribution in [0.25, 0.3) is 0 Å². The van der Waals surface area contributed by atoms with Crippen molar-refractivity contribution in [3.8, 4) is 0 Å². The van der Waals surface area contributed by atoms with E-state index in [9.17, 15) is 0 Å². The van der Waals surface area contributed by atoms with E-state index in [2.05, 4.69) is 36.2 Å². The summed E-state index contributed by atoms with van der Waals surface area (Å²) in [5, 5.41) is 7.22. The second-order valence-electron chi connectivity index (χ2n) is 4.58. The van der Waals surface area contributed by atoms with Crippen molar-refractivity contribution < 1.29 is 9.26 Å². The molecule has 1 rings (SSSR count). The molecule has 0 aliphatic carbocycles. The Morgan fingerprint density at radius 1 is 1.41 bits per heavy atom. The summed E-state index contributed by atoms with van der Waals surface area (Å²) in [5.74, 6) is 1.89. The van der Waals surface area contributed by atoms with Crippen LogP contribution in [0.2, 0.25) is 0 Å². The van der Waals surface area contributed by atoms with Gasteiger partial charge in [-0.2, -0.15) is 4.98 Å². The Bertz CT molecular complexity index is 312. The van der Waals surface area contributed by atoms with Crippen LogP contribution in [-0.2, 0) is 11.3 Å². The van der Waals surface area contributed by atoms with Gasteiger partial charge < -0.3 is 14.6 Å². The molecular weight excluding hydrogens is 218 g/mol. The van der Waals surface area contributed by atoms with E-state index in [1.807, 2.05) is 0 Å². The van der Waals surface area contributed by atoms with Crippen molar-refractivity contribution in [1.29, 1.82) is 0 Å². The van der Waals surface area contributed by atoms with Gasteiger partial charge in [-0.05, 0) is 18.9 Å². The van der Waals surface area contributed by atoms with Gasteiger partial charge in [0, 0.05) is 7.11 Å². The minimum absolute atomic E-state index is 0.0531. The van der Waals surface area contributed by atoms with Gasteiger partial charge >= 0.3 is 0 Å². The summed E-state index contributed by atoms with van der Waals surface area (Å²) < 4.78 is 10.5. The van der Waals surface area contributed by atoms with Crippen molar-refractivity contribution in [2.24, 2.45) is 5.92 Å². The van der Waals surface area contributed by atoms with Crippen molar-refractivity contribution in [3.05, 3.63) is 11.7 Å². The first-order chi connectivity index (χ1) is 8.17. The van der Waals surface area contributed by atoms with Crippen molar-refractivity contribution in [2.75, 3.05) is 13.7 Å². The molecule has 0 amide bonds. The smallest absolute Gasteiger partial charge is 0.240 e. The first kappa shape index (κ1) is 14.1. The lowest BCUT2D eigenvalue weighted by Gasteiger charge is -2.08. The molecule has 0 radical (unpaired) electrons. The summed E-state index contributed by atoms with van der Waals surface area (Å²) in [6, 6.07) is 0. The van der Waals surface area contributed by atoms with Crippen molar-refractivity contribution in [2.45, 2.75) is 46.3 Å². The third kappa shape index (κ3) is 4.83. The van der Waals surface area contributed by atoms with Gasteiger partial charge in [0.05, 0.1) is 6.54 Å². The van der Waals surface area contributed by atoms with E-state index in [4.69, 9.17) is 9.26 Å². The molecule has 0 fully saturated rings. The van der Waals surface area contributed by atoms with E-state index >= 15 is 0 Å². The number of methoxy groups -OCH3 is 1. The predicted octanol–water partition coefficient (Wildman–Crippen LogP) is 2.30. The van der Waals surface area contributed by atoms with Gasteiger partial charge in [0.2, 0.25) is 11.7 Å². The molecular formula is C12H23N3O2. The maximum atomic E-state index is 5.33. The molecule has 0 bridgehead atoms. The van der Waals surface area contributed by atoms with Crippen LogP contribution in [0.3, 0.4) is 0 Å². The van der Waals surface area contributed by atoms with Crippen LogP contribution >= 0.6 is 0 Å². The third-order valence-corrected chi connectivity index (χ3v) is 2.44. The summed E-state index contributed by atoms with van der Waals surface area (Å²) >= 11 is 0. The summed E-state index contributed by atoms with van der Waals surface area (Å²) in [5.41, 5.74) is 0. The number of ether oxygens (including phenoxy) is 1. The zero-order valence-electron chi connectivity index (χ0n) is 11.2. The largest absolute Gasteiger partial charge is 0.373 e. The van der Waals surface area contributed by atoms with Gasteiger partial charge in [0.1, 0.15) is 6.10 Å². The summed E-state index contributed by atoms with van der Waals surface area (Å²) in [6.45, 7) is 7.99. The molecule has 1 atom stereocenters. The van der Waals surface area contributed by atoms with Gasteiger partial charge in [-0.15, -0.1) is 0 Å². The Labute approximate surface area is 103 Å². The molecule has 1 heterocycles. The van der Waals surface area contributed by atoms with Crippen LogP contribution in [0.15, 0.2) is 4.52 Å². The van der Waals surface area contributed by atoms with E-state index in [-0.39, 0.29) is 6.10 Å². The summed E-state index contributed by atoms with van der Waals surface area (Å²) in [7, 11) is 1.67. The number of rotatable bonds is 8. The van der Waals surface area contributed by atoms with E-state index in [0.717, 1.165) is 19.4 Å². The molecule has 0 saturated heterocycles. The van der Waals surface area contributed by atoms with Crippen molar-refractivity contribution in [3.63, 3.8) is 0 Å². The number of aromatic nitrogens is 2. The maximum absolute atomic E-state index is 5.33. The van der Waals surface area contributed by atoms with E-state index in [0.29, 0.717) is 24.2 Å². The maximum Gasteiger partial charge on any atom is 0.240 e. The lowest BCUT2D eigenvalue weighted by atomic mass is 10.2. The Morgan fingerprint density at radius 3 is 2.76 bits per heavy atom. The molecule has 17 heavy (non-hydrogen) atoms. The average molecular weight is 241 g/mol. The normalized spacial score (nSPS) is 13.2. The Hall–Kier alpha value is -0.940. The highest BCUT2D eigenvalue weighted by Crippen LogP contribution is 2.18. The topological polar surface area (TPSA) is 60.2 Å². The predicted molar refractivity (Wildman–Crippen MR) is 65.5 cm³/mol.